The summed E-state index contributed by atoms with van der Waals surface area (Å²) in [7, 11) is 0. The van der Waals surface area contributed by atoms with E-state index in [1.165, 1.54) is 5.57 Å². The van der Waals surface area contributed by atoms with E-state index < -0.39 is 0 Å². The van der Waals surface area contributed by atoms with Gasteiger partial charge in [-0.15, -0.1) is 0 Å². The van der Waals surface area contributed by atoms with Gasteiger partial charge in [0, 0.05) is 25.2 Å². The van der Waals surface area contributed by atoms with Gasteiger partial charge in [0.2, 0.25) is 5.91 Å². The molecule has 0 aliphatic rings. The summed E-state index contributed by atoms with van der Waals surface area (Å²) in [6.07, 6.45) is 10.0. The first-order valence-corrected chi connectivity index (χ1v) is 6.64. The summed E-state index contributed by atoms with van der Waals surface area (Å²) in [5.41, 5.74) is 3.38. The number of nitrogens with zero attached hydrogens (tertiary/aromatic N) is 1. The summed E-state index contributed by atoms with van der Waals surface area (Å²) in [6, 6.07) is 0. The highest BCUT2D eigenvalue weighted by Crippen LogP contribution is 2.06. The second-order valence-electron chi connectivity index (χ2n) is 4.91. The summed E-state index contributed by atoms with van der Waals surface area (Å²) in [5.74, 6) is -0.0229. The molecule has 1 amide bonds. The first-order chi connectivity index (χ1) is 9.08. The Morgan fingerprint density at radius 1 is 1.42 bits per heavy atom. The van der Waals surface area contributed by atoms with Crippen molar-refractivity contribution in [2.75, 3.05) is 6.54 Å². The van der Waals surface area contributed by atoms with Crippen LogP contribution < -0.4 is 5.32 Å². The maximum atomic E-state index is 11.6. The van der Waals surface area contributed by atoms with E-state index in [9.17, 15) is 4.79 Å². The first kappa shape index (κ1) is 15.2. The highest BCUT2D eigenvalue weighted by atomic mass is 16.1. The Morgan fingerprint density at radius 2 is 2.21 bits per heavy atom. The van der Waals surface area contributed by atoms with Gasteiger partial charge in [-0.05, 0) is 33.6 Å². The molecule has 0 unspecified atom stereocenters. The van der Waals surface area contributed by atoms with Crippen LogP contribution >= 0.6 is 0 Å². The minimum atomic E-state index is -0.0229. The number of imidazole rings is 1. The zero-order valence-electron chi connectivity index (χ0n) is 12.0. The number of H-pyrrole nitrogens is 1. The number of allylic oxidation sites excluding steroid dienone is 3. The Kier molecular flexibility index (Phi) is 6.64. The van der Waals surface area contributed by atoms with E-state index in [1.54, 1.807) is 12.4 Å². The predicted octanol–water partition coefficient (Wildman–Crippen LogP) is 2.76. The molecule has 0 saturated carbocycles. The van der Waals surface area contributed by atoms with Crippen LogP contribution in [0, 0.1) is 0 Å². The van der Waals surface area contributed by atoms with E-state index in [1.807, 2.05) is 13.1 Å². The van der Waals surface area contributed by atoms with Gasteiger partial charge in [-0.25, -0.2) is 4.98 Å². The van der Waals surface area contributed by atoms with E-state index in [0.29, 0.717) is 6.54 Å². The van der Waals surface area contributed by atoms with Crippen molar-refractivity contribution in [3.05, 3.63) is 41.5 Å². The SMILES string of the molecule is CC(C)=CCCC(C)=CC(=O)NCCc1c[nH]cn1. The molecule has 4 nitrogen and oxygen atoms in total. The lowest BCUT2D eigenvalue weighted by molar-refractivity contribution is -0.116. The van der Waals surface area contributed by atoms with Gasteiger partial charge in [-0.3, -0.25) is 4.79 Å². The van der Waals surface area contributed by atoms with Crippen molar-refractivity contribution in [3.63, 3.8) is 0 Å². The van der Waals surface area contributed by atoms with Gasteiger partial charge in [-0.1, -0.05) is 17.2 Å². The van der Waals surface area contributed by atoms with E-state index in [0.717, 1.165) is 30.5 Å². The molecule has 0 saturated heterocycles. The van der Waals surface area contributed by atoms with E-state index in [2.05, 4.69) is 35.2 Å². The lowest BCUT2D eigenvalue weighted by Gasteiger charge is -2.02. The summed E-state index contributed by atoms with van der Waals surface area (Å²) in [5, 5.41) is 2.87. The number of rotatable bonds is 7. The molecule has 104 valence electrons. The topological polar surface area (TPSA) is 57.8 Å². The van der Waals surface area contributed by atoms with Crippen molar-refractivity contribution >= 4 is 5.91 Å². The minimum Gasteiger partial charge on any atom is -0.352 e. The number of carbonyl (C=O) groups excluding carboxylic acids is 1. The molecular formula is C15H23N3O. The number of aromatic amines is 1. The van der Waals surface area contributed by atoms with Crippen LogP contribution in [0.15, 0.2) is 35.8 Å². The molecule has 0 atom stereocenters. The van der Waals surface area contributed by atoms with Crippen molar-refractivity contribution in [1.82, 2.24) is 15.3 Å². The number of aromatic nitrogens is 2. The van der Waals surface area contributed by atoms with Gasteiger partial charge in [0.25, 0.3) is 0 Å². The monoisotopic (exact) mass is 261 g/mol. The first-order valence-electron chi connectivity index (χ1n) is 6.64. The highest BCUT2D eigenvalue weighted by Gasteiger charge is 1.99. The quantitative estimate of drug-likeness (QED) is 0.585. The van der Waals surface area contributed by atoms with Crippen molar-refractivity contribution < 1.29 is 4.79 Å². The van der Waals surface area contributed by atoms with Crippen molar-refractivity contribution in [1.29, 1.82) is 0 Å². The van der Waals surface area contributed by atoms with Crippen LogP contribution in [-0.4, -0.2) is 22.4 Å². The Bertz CT molecular complexity index is 440. The van der Waals surface area contributed by atoms with E-state index >= 15 is 0 Å². The highest BCUT2D eigenvalue weighted by molar-refractivity contribution is 5.88. The molecule has 0 aromatic carbocycles. The zero-order chi connectivity index (χ0) is 14.1. The third-order valence-electron chi connectivity index (χ3n) is 2.70. The number of amides is 1. The number of carbonyl (C=O) groups is 1. The van der Waals surface area contributed by atoms with Gasteiger partial charge in [0.15, 0.2) is 0 Å². The molecule has 1 aromatic heterocycles. The van der Waals surface area contributed by atoms with Crippen LogP contribution in [0.3, 0.4) is 0 Å². The molecule has 1 aromatic rings. The fraction of sp³-hybridized carbons (Fsp3) is 0.467. The molecule has 0 bridgehead atoms. The summed E-state index contributed by atoms with van der Waals surface area (Å²) in [6.45, 7) is 6.77. The van der Waals surface area contributed by atoms with Gasteiger partial charge in [-0.2, -0.15) is 0 Å². The standard InChI is InChI=1S/C15H23N3O/c1-12(2)5-4-6-13(3)9-15(19)17-8-7-14-10-16-11-18-14/h5,9-11H,4,6-8H2,1-3H3,(H,16,18)(H,17,19). The Hall–Kier alpha value is -1.84. The summed E-state index contributed by atoms with van der Waals surface area (Å²) >= 11 is 0. The van der Waals surface area contributed by atoms with Gasteiger partial charge in [0.05, 0.1) is 12.0 Å². The average molecular weight is 261 g/mol. The third kappa shape index (κ3) is 7.24. The fourth-order valence-electron chi connectivity index (χ4n) is 1.68. The second kappa shape index (κ2) is 8.29. The molecular weight excluding hydrogens is 238 g/mol. The molecule has 4 heteroatoms. The summed E-state index contributed by atoms with van der Waals surface area (Å²) < 4.78 is 0. The zero-order valence-corrected chi connectivity index (χ0v) is 12.0. The lowest BCUT2D eigenvalue weighted by Crippen LogP contribution is -2.24. The molecule has 0 aliphatic carbocycles. The normalized spacial score (nSPS) is 11.2. The molecule has 1 rings (SSSR count). The van der Waals surface area contributed by atoms with Gasteiger partial charge >= 0.3 is 0 Å². The predicted molar refractivity (Wildman–Crippen MR) is 77.7 cm³/mol. The van der Waals surface area contributed by atoms with Crippen LogP contribution in [0.5, 0.6) is 0 Å². The number of hydrogen-bond acceptors (Lipinski definition) is 2. The largest absolute Gasteiger partial charge is 0.352 e. The third-order valence-corrected chi connectivity index (χ3v) is 2.70. The molecule has 0 radical (unpaired) electrons. The van der Waals surface area contributed by atoms with Gasteiger partial charge in [0.1, 0.15) is 0 Å². The Labute approximate surface area is 115 Å². The second-order valence-corrected chi connectivity index (χ2v) is 4.91. The molecule has 0 spiro atoms. The fourth-order valence-corrected chi connectivity index (χ4v) is 1.68. The van der Waals surface area contributed by atoms with E-state index in [-0.39, 0.29) is 5.91 Å². The number of nitrogens with one attached hydrogen (secondary N) is 2. The van der Waals surface area contributed by atoms with Crippen LogP contribution in [0.25, 0.3) is 0 Å². The van der Waals surface area contributed by atoms with Crippen LogP contribution in [0.4, 0.5) is 0 Å². The average Bonchev–Trinajstić information content (AvgIpc) is 2.81. The van der Waals surface area contributed by atoms with Crippen molar-refractivity contribution in [2.24, 2.45) is 0 Å². The minimum absolute atomic E-state index is 0.0229. The van der Waals surface area contributed by atoms with E-state index in [4.69, 9.17) is 0 Å². The number of hydrogen-bond donors (Lipinski definition) is 2. The maximum Gasteiger partial charge on any atom is 0.243 e. The van der Waals surface area contributed by atoms with Crippen LogP contribution in [0.2, 0.25) is 0 Å². The molecule has 1 heterocycles. The molecule has 2 N–H and O–H groups in total. The Morgan fingerprint density at radius 3 is 2.84 bits per heavy atom. The lowest BCUT2D eigenvalue weighted by atomic mass is 10.1. The molecule has 0 aliphatic heterocycles. The van der Waals surface area contributed by atoms with Gasteiger partial charge < -0.3 is 10.3 Å². The molecule has 19 heavy (non-hydrogen) atoms. The van der Waals surface area contributed by atoms with Crippen molar-refractivity contribution in [2.45, 2.75) is 40.0 Å². The van der Waals surface area contributed by atoms with Crippen molar-refractivity contribution in [3.8, 4) is 0 Å². The van der Waals surface area contributed by atoms with Crippen LogP contribution in [-0.2, 0) is 11.2 Å². The summed E-state index contributed by atoms with van der Waals surface area (Å²) in [4.78, 5) is 18.6. The Balaban J connectivity index is 2.23. The van der Waals surface area contributed by atoms with Crippen LogP contribution in [0.1, 0.15) is 39.3 Å². The maximum absolute atomic E-state index is 11.6. The molecule has 0 fully saturated rings. The smallest absolute Gasteiger partial charge is 0.243 e.